The summed E-state index contributed by atoms with van der Waals surface area (Å²) in [6.07, 6.45) is 1.67. The second-order valence-corrected chi connectivity index (χ2v) is 7.73. The molecule has 0 radical (unpaired) electrons. The normalized spacial score (nSPS) is 16.4. The zero-order valence-corrected chi connectivity index (χ0v) is 15.3. The van der Waals surface area contributed by atoms with Crippen LogP contribution in [0.4, 0.5) is 5.69 Å². The topological polar surface area (TPSA) is 102 Å². The summed E-state index contributed by atoms with van der Waals surface area (Å²) in [4.78, 5) is 23.6. The molecule has 1 atom stereocenters. The molecule has 0 fully saturated rings. The molecule has 0 spiro atoms. The fraction of sp³-hybridized carbons (Fsp3) is 0.500. The van der Waals surface area contributed by atoms with E-state index in [9.17, 15) is 18.0 Å². The van der Waals surface area contributed by atoms with Gasteiger partial charge in [-0.1, -0.05) is 0 Å². The maximum atomic E-state index is 12.1. The first-order valence-electron chi connectivity index (χ1n) is 7.79. The Morgan fingerprint density at radius 3 is 2.72 bits per heavy atom. The molecule has 0 aromatic heterocycles. The van der Waals surface area contributed by atoms with Crippen LogP contribution in [0.1, 0.15) is 22.8 Å². The van der Waals surface area contributed by atoms with Gasteiger partial charge in [0.15, 0.2) is 6.61 Å². The van der Waals surface area contributed by atoms with Crippen molar-refractivity contribution in [2.45, 2.75) is 19.4 Å². The molecule has 0 saturated heterocycles. The Balaban J connectivity index is 2.02. The lowest BCUT2D eigenvalue weighted by Crippen LogP contribution is -2.34. The van der Waals surface area contributed by atoms with Gasteiger partial charge in [0, 0.05) is 19.7 Å². The maximum absolute atomic E-state index is 12.1. The number of hydrogen-bond donors (Lipinski definition) is 1. The molecule has 25 heavy (non-hydrogen) atoms. The van der Waals surface area contributed by atoms with Crippen molar-refractivity contribution < 1.29 is 27.5 Å². The molecule has 8 nitrogen and oxygen atoms in total. The maximum Gasteiger partial charge on any atom is 0.338 e. The summed E-state index contributed by atoms with van der Waals surface area (Å²) < 4.78 is 34.9. The Kier molecular flexibility index (Phi) is 6.02. The molecular formula is C16H22N2O6S. The van der Waals surface area contributed by atoms with Crippen LogP contribution in [0.25, 0.3) is 0 Å². The number of sulfonamides is 1. The smallest absolute Gasteiger partial charge is 0.338 e. The number of esters is 1. The average Bonchev–Trinajstić information content (AvgIpc) is 2.87. The molecular weight excluding hydrogens is 348 g/mol. The Morgan fingerprint density at radius 1 is 1.36 bits per heavy atom. The third-order valence-electron chi connectivity index (χ3n) is 3.79. The molecule has 0 aliphatic carbocycles. The van der Waals surface area contributed by atoms with Crippen molar-refractivity contribution in [1.82, 2.24) is 5.32 Å². The summed E-state index contributed by atoms with van der Waals surface area (Å²) in [6, 6.07) is 4.50. The van der Waals surface area contributed by atoms with E-state index in [-0.39, 0.29) is 18.2 Å². The van der Waals surface area contributed by atoms with E-state index in [4.69, 9.17) is 9.47 Å². The SMILES string of the molecule is COCCNC(=O)COC(=O)c1ccc2c(c1)C[C@H](C)N2S(C)(=O)=O. The minimum absolute atomic E-state index is 0.206. The second kappa shape index (κ2) is 7.83. The molecule has 0 unspecified atom stereocenters. The van der Waals surface area contributed by atoms with Crippen molar-refractivity contribution in [2.24, 2.45) is 0 Å². The van der Waals surface area contributed by atoms with Gasteiger partial charge in [0.2, 0.25) is 10.0 Å². The van der Waals surface area contributed by atoms with Crippen LogP contribution in [0.3, 0.4) is 0 Å². The number of carbonyl (C=O) groups excluding carboxylic acids is 2. The van der Waals surface area contributed by atoms with Crippen molar-refractivity contribution in [3.8, 4) is 0 Å². The summed E-state index contributed by atoms with van der Waals surface area (Å²) in [5.41, 5.74) is 1.62. The monoisotopic (exact) mass is 370 g/mol. The zero-order valence-electron chi connectivity index (χ0n) is 14.4. The Morgan fingerprint density at radius 2 is 2.08 bits per heavy atom. The average molecular weight is 370 g/mol. The van der Waals surface area contributed by atoms with Crippen molar-refractivity contribution in [2.75, 3.05) is 37.4 Å². The molecule has 0 saturated carbocycles. The number of rotatable bonds is 7. The van der Waals surface area contributed by atoms with Crippen molar-refractivity contribution in [3.63, 3.8) is 0 Å². The highest BCUT2D eigenvalue weighted by Gasteiger charge is 2.32. The molecule has 1 amide bonds. The first kappa shape index (κ1) is 19.2. The number of fused-ring (bicyclic) bond motifs is 1. The van der Waals surface area contributed by atoms with Gasteiger partial charge in [-0.25, -0.2) is 13.2 Å². The third-order valence-corrected chi connectivity index (χ3v) is 5.06. The lowest BCUT2D eigenvalue weighted by molar-refractivity contribution is -0.124. The predicted octanol–water partition coefficient (Wildman–Crippen LogP) is 0.317. The van der Waals surface area contributed by atoms with E-state index in [1.807, 2.05) is 6.92 Å². The van der Waals surface area contributed by atoms with Crippen LogP contribution in [0.2, 0.25) is 0 Å². The fourth-order valence-corrected chi connectivity index (χ4v) is 4.06. The van der Waals surface area contributed by atoms with E-state index in [0.717, 1.165) is 11.8 Å². The van der Waals surface area contributed by atoms with Crippen molar-refractivity contribution in [3.05, 3.63) is 29.3 Å². The summed E-state index contributed by atoms with van der Waals surface area (Å²) in [7, 11) is -1.86. The van der Waals surface area contributed by atoms with Crippen LogP contribution in [0.15, 0.2) is 18.2 Å². The van der Waals surface area contributed by atoms with E-state index in [2.05, 4.69) is 5.32 Å². The van der Waals surface area contributed by atoms with Gasteiger partial charge >= 0.3 is 5.97 Å². The summed E-state index contributed by atoms with van der Waals surface area (Å²) in [6.45, 7) is 2.14. The molecule has 9 heteroatoms. The number of nitrogens with one attached hydrogen (secondary N) is 1. The number of nitrogens with zero attached hydrogens (tertiary/aromatic N) is 1. The second-order valence-electron chi connectivity index (χ2n) is 5.87. The molecule has 2 rings (SSSR count). The molecule has 1 heterocycles. The van der Waals surface area contributed by atoms with Gasteiger partial charge < -0.3 is 14.8 Å². The van der Waals surface area contributed by atoms with Crippen LogP contribution in [0, 0.1) is 0 Å². The first-order valence-corrected chi connectivity index (χ1v) is 9.64. The van der Waals surface area contributed by atoms with Gasteiger partial charge in [0.05, 0.1) is 24.1 Å². The van der Waals surface area contributed by atoms with E-state index in [1.165, 1.54) is 17.5 Å². The number of benzene rings is 1. The highest BCUT2D eigenvalue weighted by Crippen LogP contribution is 2.34. The summed E-state index contributed by atoms with van der Waals surface area (Å²) >= 11 is 0. The largest absolute Gasteiger partial charge is 0.452 e. The summed E-state index contributed by atoms with van der Waals surface area (Å²) in [5.74, 6) is -1.04. The van der Waals surface area contributed by atoms with Crippen LogP contribution < -0.4 is 9.62 Å². The zero-order chi connectivity index (χ0) is 18.6. The van der Waals surface area contributed by atoms with E-state index < -0.39 is 21.9 Å². The van der Waals surface area contributed by atoms with Gasteiger partial charge in [0.25, 0.3) is 5.91 Å². The molecule has 1 aliphatic rings. The van der Waals surface area contributed by atoms with Crippen molar-refractivity contribution >= 4 is 27.6 Å². The first-order chi connectivity index (χ1) is 11.7. The molecule has 1 aliphatic heterocycles. The fourth-order valence-electron chi connectivity index (χ4n) is 2.79. The molecule has 1 N–H and O–H groups in total. The van der Waals surface area contributed by atoms with E-state index in [1.54, 1.807) is 12.1 Å². The van der Waals surface area contributed by atoms with Crippen LogP contribution in [-0.4, -0.2) is 59.5 Å². The number of amides is 1. The minimum atomic E-state index is -3.38. The molecule has 138 valence electrons. The number of hydrogen-bond acceptors (Lipinski definition) is 6. The number of carbonyl (C=O) groups is 2. The predicted molar refractivity (Wildman–Crippen MR) is 92.1 cm³/mol. The number of ether oxygens (including phenoxy) is 2. The quantitative estimate of drug-likeness (QED) is 0.548. The van der Waals surface area contributed by atoms with Gasteiger partial charge in [-0.2, -0.15) is 0 Å². The molecule has 0 bridgehead atoms. The standard InChI is InChI=1S/C16H22N2O6S/c1-11-8-13-9-12(4-5-14(13)18(11)25(3,21)22)16(20)24-10-15(19)17-6-7-23-2/h4-5,9,11H,6-8,10H2,1-3H3,(H,17,19)/t11-/m0/s1. The minimum Gasteiger partial charge on any atom is -0.452 e. The van der Waals surface area contributed by atoms with Gasteiger partial charge in [-0.05, 0) is 37.1 Å². The van der Waals surface area contributed by atoms with Crippen LogP contribution in [-0.2, 0) is 30.7 Å². The highest BCUT2D eigenvalue weighted by molar-refractivity contribution is 7.92. The third kappa shape index (κ3) is 4.70. The van der Waals surface area contributed by atoms with Gasteiger partial charge in [-0.3, -0.25) is 9.10 Å². The number of anilines is 1. The highest BCUT2D eigenvalue weighted by atomic mass is 32.2. The van der Waals surface area contributed by atoms with E-state index >= 15 is 0 Å². The Bertz CT molecular complexity index is 762. The molecule has 1 aromatic carbocycles. The van der Waals surface area contributed by atoms with Crippen LogP contribution >= 0.6 is 0 Å². The lowest BCUT2D eigenvalue weighted by Gasteiger charge is -2.21. The van der Waals surface area contributed by atoms with Crippen LogP contribution in [0.5, 0.6) is 0 Å². The number of methoxy groups -OCH3 is 1. The van der Waals surface area contributed by atoms with Gasteiger partial charge in [-0.15, -0.1) is 0 Å². The lowest BCUT2D eigenvalue weighted by atomic mass is 10.1. The van der Waals surface area contributed by atoms with Gasteiger partial charge in [0.1, 0.15) is 0 Å². The summed E-state index contributed by atoms with van der Waals surface area (Å²) in [5, 5.41) is 2.55. The van der Waals surface area contributed by atoms with E-state index in [0.29, 0.717) is 25.3 Å². The Labute approximate surface area is 147 Å². The molecule has 1 aromatic rings. The van der Waals surface area contributed by atoms with Crippen molar-refractivity contribution in [1.29, 1.82) is 0 Å². The Hall–Kier alpha value is -2.13.